The topological polar surface area (TPSA) is 23.5 Å². The molecule has 0 amide bonds. The second kappa shape index (κ2) is 5.54. The highest BCUT2D eigenvalue weighted by molar-refractivity contribution is 5.47. The van der Waals surface area contributed by atoms with Gasteiger partial charge in [-0.05, 0) is 43.4 Å². The van der Waals surface area contributed by atoms with Crippen molar-refractivity contribution in [3.63, 3.8) is 0 Å². The minimum atomic E-state index is -0.371. The van der Waals surface area contributed by atoms with Gasteiger partial charge < -0.3 is 10.0 Å². The minimum absolute atomic E-state index is 0.371. The van der Waals surface area contributed by atoms with Crippen LogP contribution in [0.3, 0.4) is 0 Å². The van der Waals surface area contributed by atoms with Crippen molar-refractivity contribution >= 4 is 5.69 Å². The second-order valence-electron chi connectivity index (χ2n) is 5.30. The molecule has 2 heteroatoms. The Bertz CT molecular complexity index is 338. The summed E-state index contributed by atoms with van der Waals surface area (Å²) in [6.07, 6.45) is 5.20. The number of anilines is 1. The Hall–Kier alpha value is -1.02. The molecular weight excluding hydrogens is 210 g/mol. The van der Waals surface area contributed by atoms with Gasteiger partial charge in [-0.2, -0.15) is 0 Å². The molecule has 1 aliphatic carbocycles. The standard InChI is InChI=1S/C15H23NO/c1-12(17)14-7-9-15(10-8-14)16(2)11-13-5-3-4-6-13/h7-10,12-13,17H,3-6,11H2,1-2H3/t12-/m1/s1. The fourth-order valence-electron chi connectivity index (χ4n) is 2.69. The van der Waals surface area contributed by atoms with E-state index >= 15 is 0 Å². The molecule has 0 aromatic heterocycles. The molecule has 0 heterocycles. The molecule has 94 valence electrons. The lowest BCUT2D eigenvalue weighted by molar-refractivity contribution is 0.199. The highest BCUT2D eigenvalue weighted by Gasteiger charge is 2.16. The zero-order chi connectivity index (χ0) is 12.3. The molecule has 0 unspecified atom stereocenters. The molecule has 1 aromatic rings. The average Bonchev–Trinajstić information content (AvgIpc) is 2.82. The van der Waals surface area contributed by atoms with Gasteiger partial charge in [0.05, 0.1) is 6.10 Å². The number of nitrogens with zero attached hydrogens (tertiary/aromatic N) is 1. The number of aliphatic hydroxyl groups is 1. The van der Waals surface area contributed by atoms with E-state index in [4.69, 9.17) is 0 Å². The minimum Gasteiger partial charge on any atom is -0.389 e. The molecule has 2 nitrogen and oxygen atoms in total. The smallest absolute Gasteiger partial charge is 0.0761 e. The summed E-state index contributed by atoms with van der Waals surface area (Å²) in [5.41, 5.74) is 2.24. The molecule has 1 aromatic carbocycles. The van der Waals surface area contributed by atoms with Gasteiger partial charge in [0.25, 0.3) is 0 Å². The van der Waals surface area contributed by atoms with Crippen molar-refractivity contribution in [1.29, 1.82) is 0 Å². The summed E-state index contributed by atoms with van der Waals surface area (Å²) in [4.78, 5) is 2.34. The Labute approximate surface area is 104 Å². The van der Waals surface area contributed by atoms with Crippen molar-refractivity contribution in [3.05, 3.63) is 29.8 Å². The van der Waals surface area contributed by atoms with E-state index in [0.29, 0.717) is 0 Å². The van der Waals surface area contributed by atoms with Crippen LogP contribution in [0.2, 0.25) is 0 Å². The van der Waals surface area contributed by atoms with E-state index in [9.17, 15) is 5.11 Å². The molecule has 0 radical (unpaired) electrons. The van der Waals surface area contributed by atoms with Gasteiger partial charge in [0, 0.05) is 19.3 Å². The summed E-state index contributed by atoms with van der Waals surface area (Å²) >= 11 is 0. The third-order valence-corrected chi connectivity index (χ3v) is 3.82. The number of hydrogen-bond acceptors (Lipinski definition) is 2. The molecule has 1 saturated carbocycles. The van der Waals surface area contributed by atoms with E-state index in [1.165, 1.54) is 31.4 Å². The fourth-order valence-corrected chi connectivity index (χ4v) is 2.69. The van der Waals surface area contributed by atoms with Crippen LogP contribution in [-0.2, 0) is 0 Å². The Kier molecular flexibility index (Phi) is 4.06. The van der Waals surface area contributed by atoms with Crippen molar-refractivity contribution in [2.75, 3.05) is 18.5 Å². The van der Waals surface area contributed by atoms with Gasteiger partial charge in [-0.25, -0.2) is 0 Å². The first-order valence-electron chi connectivity index (χ1n) is 6.66. The molecule has 2 rings (SSSR count). The molecular formula is C15H23NO. The highest BCUT2D eigenvalue weighted by atomic mass is 16.3. The molecule has 17 heavy (non-hydrogen) atoms. The van der Waals surface area contributed by atoms with Crippen LogP contribution >= 0.6 is 0 Å². The van der Waals surface area contributed by atoms with Crippen LogP contribution in [-0.4, -0.2) is 18.7 Å². The van der Waals surface area contributed by atoms with E-state index in [2.05, 4.69) is 24.1 Å². The van der Waals surface area contributed by atoms with Gasteiger partial charge in [0.15, 0.2) is 0 Å². The third-order valence-electron chi connectivity index (χ3n) is 3.82. The van der Waals surface area contributed by atoms with Crippen molar-refractivity contribution in [2.45, 2.75) is 38.7 Å². The molecule has 0 bridgehead atoms. The van der Waals surface area contributed by atoms with E-state index < -0.39 is 0 Å². The zero-order valence-corrected chi connectivity index (χ0v) is 10.9. The molecule has 1 atom stereocenters. The quantitative estimate of drug-likeness (QED) is 0.862. The van der Waals surface area contributed by atoms with E-state index in [0.717, 1.165) is 18.0 Å². The van der Waals surface area contributed by atoms with E-state index in [-0.39, 0.29) is 6.10 Å². The lowest BCUT2D eigenvalue weighted by Gasteiger charge is -2.23. The Morgan fingerprint density at radius 3 is 2.35 bits per heavy atom. The first-order valence-corrected chi connectivity index (χ1v) is 6.66. The Morgan fingerprint density at radius 1 is 1.24 bits per heavy atom. The number of benzene rings is 1. The monoisotopic (exact) mass is 233 g/mol. The van der Waals surface area contributed by atoms with Gasteiger partial charge in [-0.15, -0.1) is 0 Å². The summed E-state index contributed by atoms with van der Waals surface area (Å²) < 4.78 is 0. The largest absolute Gasteiger partial charge is 0.389 e. The second-order valence-corrected chi connectivity index (χ2v) is 5.30. The molecule has 0 spiro atoms. The molecule has 0 saturated heterocycles. The summed E-state index contributed by atoms with van der Waals surface area (Å²) in [5, 5.41) is 9.47. The van der Waals surface area contributed by atoms with Crippen LogP contribution < -0.4 is 4.90 Å². The third kappa shape index (κ3) is 3.22. The molecule has 1 N–H and O–H groups in total. The average molecular weight is 233 g/mol. The van der Waals surface area contributed by atoms with Gasteiger partial charge in [-0.1, -0.05) is 25.0 Å². The number of aliphatic hydroxyl groups excluding tert-OH is 1. The van der Waals surface area contributed by atoms with Crippen molar-refractivity contribution in [1.82, 2.24) is 0 Å². The van der Waals surface area contributed by atoms with Gasteiger partial charge >= 0.3 is 0 Å². The van der Waals surface area contributed by atoms with Crippen molar-refractivity contribution in [3.8, 4) is 0 Å². The summed E-state index contributed by atoms with van der Waals surface area (Å²) in [6, 6.07) is 8.25. The van der Waals surface area contributed by atoms with Crippen LogP contribution in [0.15, 0.2) is 24.3 Å². The van der Waals surface area contributed by atoms with Crippen LogP contribution in [0, 0.1) is 5.92 Å². The zero-order valence-electron chi connectivity index (χ0n) is 10.9. The maximum atomic E-state index is 9.47. The molecule has 0 aliphatic heterocycles. The summed E-state index contributed by atoms with van der Waals surface area (Å²) in [5.74, 6) is 0.872. The van der Waals surface area contributed by atoms with Crippen LogP contribution in [0.4, 0.5) is 5.69 Å². The maximum absolute atomic E-state index is 9.47. The molecule has 1 aliphatic rings. The normalized spacial score (nSPS) is 18.3. The van der Waals surface area contributed by atoms with Crippen LogP contribution in [0.1, 0.15) is 44.3 Å². The van der Waals surface area contributed by atoms with Crippen LogP contribution in [0.5, 0.6) is 0 Å². The first-order chi connectivity index (χ1) is 8.16. The highest BCUT2D eigenvalue weighted by Crippen LogP contribution is 2.27. The van der Waals surface area contributed by atoms with Crippen molar-refractivity contribution in [2.24, 2.45) is 5.92 Å². The van der Waals surface area contributed by atoms with Gasteiger partial charge in [0.1, 0.15) is 0 Å². The maximum Gasteiger partial charge on any atom is 0.0761 e. The van der Waals surface area contributed by atoms with Gasteiger partial charge in [0.2, 0.25) is 0 Å². The summed E-state index contributed by atoms with van der Waals surface area (Å²) in [6.45, 7) is 2.96. The number of hydrogen-bond donors (Lipinski definition) is 1. The van der Waals surface area contributed by atoms with Gasteiger partial charge in [-0.3, -0.25) is 0 Å². The predicted octanol–water partition coefficient (Wildman–Crippen LogP) is 3.37. The Balaban J connectivity index is 1.96. The lowest BCUT2D eigenvalue weighted by atomic mass is 10.1. The SMILES string of the molecule is C[C@@H](O)c1ccc(N(C)CC2CCCC2)cc1. The first kappa shape index (κ1) is 12.4. The van der Waals surface area contributed by atoms with E-state index in [1.807, 2.05) is 12.1 Å². The predicted molar refractivity (Wildman–Crippen MR) is 72.3 cm³/mol. The van der Waals surface area contributed by atoms with Crippen LogP contribution in [0.25, 0.3) is 0 Å². The fraction of sp³-hybridized carbons (Fsp3) is 0.600. The number of rotatable bonds is 4. The summed E-state index contributed by atoms with van der Waals surface area (Å²) in [7, 11) is 2.16. The van der Waals surface area contributed by atoms with Crippen molar-refractivity contribution < 1.29 is 5.11 Å². The lowest BCUT2D eigenvalue weighted by Crippen LogP contribution is -2.23. The Morgan fingerprint density at radius 2 is 1.82 bits per heavy atom. The molecule has 1 fully saturated rings. The van der Waals surface area contributed by atoms with E-state index in [1.54, 1.807) is 6.92 Å².